The smallest absolute Gasteiger partial charge is 0.191 e. The summed E-state index contributed by atoms with van der Waals surface area (Å²) < 4.78 is 6.01. The number of rotatable bonds is 5. The first-order valence-electron chi connectivity index (χ1n) is 5.38. The van der Waals surface area contributed by atoms with E-state index in [1.54, 1.807) is 0 Å². The summed E-state index contributed by atoms with van der Waals surface area (Å²) in [5.74, 6) is 0. The summed E-state index contributed by atoms with van der Waals surface area (Å²) in [4.78, 5) is 0. The SMILES string of the molecule is C=CC(C)O[Si](C)(C)Cc1ccccc1. The van der Waals surface area contributed by atoms with E-state index in [2.05, 4.69) is 43.9 Å². The Kier molecular flexibility index (Phi) is 4.30. The molecule has 0 aliphatic rings. The third-order valence-electron chi connectivity index (χ3n) is 2.31. The van der Waals surface area contributed by atoms with Gasteiger partial charge in [-0.05, 0) is 31.6 Å². The van der Waals surface area contributed by atoms with Crippen LogP contribution in [-0.2, 0) is 10.5 Å². The van der Waals surface area contributed by atoms with Crippen molar-refractivity contribution in [3.05, 3.63) is 48.6 Å². The van der Waals surface area contributed by atoms with Gasteiger partial charge in [0.2, 0.25) is 0 Å². The molecule has 0 saturated heterocycles. The fourth-order valence-corrected chi connectivity index (χ4v) is 4.09. The minimum atomic E-state index is -1.60. The van der Waals surface area contributed by atoms with Crippen molar-refractivity contribution >= 4 is 8.32 Å². The zero-order valence-corrected chi connectivity index (χ0v) is 10.9. The van der Waals surface area contributed by atoms with Crippen LogP contribution in [0.3, 0.4) is 0 Å². The van der Waals surface area contributed by atoms with E-state index in [-0.39, 0.29) is 6.10 Å². The summed E-state index contributed by atoms with van der Waals surface area (Å²) in [5, 5.41) is 0. The average molecular weight is 220 g/mol. The highest BCUT2D eigenvalue weighted by Crippen LogP contribution is 2.15. The Bertz CT molecular complexity index is 306. The predicted molar refractivity (Wildman–Crippen MR) is 68.4 cm³/mol. The zero-order chi connectivity index (χ0) is 11.3. The molecule has 0 radical (unpaired) electrons. The summed E-state index contributed by atoms with van der Waals surface area (Å²) in [5.41, 5.74) is 1.37. The summed E-state index contributed by atoms with van der Waals surface area (Å²) >= 11 is 0. The molecule has 0 saturated carbocycles. The summed E-state index contributed by atoms with van der Waals surface area (Å²) in [6.45, 7) is 10.3. The van der Waals surface area contributed by atoms with E-state index >= 15 is 0 Å². The molecule has 0 aromatic heterocycles. The molecule has 0 bridgehead atoms. The first-order chi connectivity index (χ1) is 7.03. The van der Waals surface area contributed by atoms with Gasteiger partial charge in [0.25, 0.3) is 0 Å². The topological polar surface area (TPSA) is 9.23 Å². The Labute approximate surface area is 93.9 Å². The standard InChI is InChI=1S/C13H20OSi/c1-5-12(2)14-15(3,4)11-13-9-7-6-8-10-13/h5-10,12H,1,11H2,2-4H3. The highest BCUT2D eigenvalue weighted by Gasteiger charge is 2.24. The van der Waals surface area contributed by atoms with Crippen LogP contribution >= 0.6 is 0 Å². The molecule has 0 heterocycles. The van der Waals surface area contributed by atoms with Crippen LogP contribution in [0.1, 0.15) is 12.5 Å². The zero-order valence-electron chi connectivity index (χ0n) is 9.86. The molecule has 1 atom stereocenters. The first-order valence-corrected chi connectivity index (χ1v) is 8.49. The Hall–Kier alpha value is -0.863. The first kappa shape index (κ1) is 12.2. The van der Waals surface area contributed by atoms with E-state index in [1.807, 2.05) is 19.1 Å². The van der Waals surface area contributed by atoms with Crippen LogP contribution in [-0.4, -0.2) is 14.4 Å². The molecule has 0 amide bonds. The lowest BCUT2D eigenvalue weighted by Crippen LogP contribution is -2.36. The maximum absolute atomic E-state index is 6.01. The molecule has 0 fully saturated rings. The molecule has 1 aromatic carbocycles. The van der Waals surface area contributed by atoms with E-state index in [0.717, 1.165) is 6.04 Å². The Morgan fingerprint density at radius 3 is 2.47 bits per heavy atom. The number of hydrogen-bond acceptors (Lipinski definition) is 1. The van der Waals surface area contributed by atoms with Gasteiger partial charge in [0, 0.05) is 0 Å². The van der Waals surface area contributed by atoms with E-state index in [9.17, 15) is 0 Å². The lowest BCUT2D eigenvalue weighted by molar-refractivity contribution is 0.258. The lowest BCUT2D eigenvalue weighted by Gasteiger charge is -2.25. The van der Waals surface area contributed by atoms with Crippen LogP contribution in [0.25, 0.3) is 0 Å². The monoisotopic (exact) mass is 220 g/mol. The van der Waals surface area contributed by atoms with Crippen LogP contribution in [0.5, 0.6) is 0 Å². The van der Waals surface area contributed by atoms with Gasteiger partial charge in [-0.1, -0.05) is 36.4 Å². The maximum Gasteiger partial charge on any atom is 0.191 e. The highest BCUT2D eigenvalue weighted by molar-refractivity contribution is 6.70. The van der Waals surface area contributed by atoms with Gasteiger partial charge in [-0.2, -0.15) is 0 Å². The summed E-state index contributed by atoms with van der Waals surface area (Å²) in [7, 11) is -1.60. The van der Waals surface area contributed by atoms with Gasteiger partial charge in [-0.15, -0.1) is 6.58 Å². The van der Waals surface area contributed by atoms with Gasteiger partial charge in [-0.3, -0.25) is 0 Å². The van der Waals surface area contributed by atoms with Crippen molar-refractivity contribution in [2.24, 2.45) is 0 Å². The van der Waals surface area contributed by atoms with E-state index in [0.29, 0.717) is 0 Å². The molecule has 1 rings (SSSR count). The van der Waals surface area contributed by atoms with Crippen LogP contribution in [0.15, 0.2) is 43.0 Å². The van der Waals surface area contributed by atoms with Crippen molar-refractivity contribution in [3.8, 4) is 0 Å². The van der Waals surface area contributed by atoms with Gasteiger partial charge >= 0.3 is 0 Å². The fraction of sp³-hybridized carbons (Fsp3) is 0.385. The molecule has 1 nitrogen and oxygen atoms in total. The van der Waals surface area contributed by atoms with Crippen LogP contribution < -0.4 is 0 Å². The molecule has 0 N–H and O–H groups in total. The molecular weight excluding hydrogens is 200 g/mol. The van der Waals surface area contributed by atoms with Crippen molar-refractivity contribution in [1.29, 1.82) is 0 Å². The third-order valence-corrected chi connectivity index (χ3v) is 4.58. The van der Waals surface area contributed by atoms with Crippen LogP contribution in [0, 0.1) is 0 Å². The minimum absolute atomic E-state index is 0.162. The quantitative estimate of drug-likeness (QED) is 0.544. The molecule has 1 aromatic rings. The fourth-order valence-electron chi connectivity index (χ4n) is 1.68. The number of benzene rings is 1. The molecule has 82 valence electrons. The van der Waals surface area contributed by atoms with Gasteiger partial charge in [0.05, 0.1) is 6.10 Å². The third kappa shape index (κ3) is 4.45. The Morgan fingerprint density at radius 2 is 1.93 bits per heavy atom. The molecule has 1 unspecified atom stereocenters. The van der Waals surface area contributed by atoms with Crippen molar-refractivity contribution in [1.82, 2.24) is 0 Å². The molecule has 15 heavy (non-hydrogen) atoms. The molecule has 2 heteroatoms. The predicted octanol–water partition coefficient (Wildman–Crippen LogP) is 3.56. The summed E-state index contributed by atoms with van der Waals surface area (Å²) in [6, 6.07) is 11.6. The maximum atomic E-state index is 6.01. The van der Waals surface area contributed by atoms with Crippen LogP contribution in [0.4, 0.5) is 0 Å². The average Bonchev–Trinajstić information content (AvgIpc) is 2.17. The second-order valence-electron chi connectivity index (χ2n) is 4.48. The van der Waals surface area contributed by atoms with Crippen molar-refractivity contribution in [2.75, 3.05) is 0 Å². The second-order valence-corrected chi connectivity index (χ2v) is 8.59. The number of hydrogen-bond donors (Lipinski definition) is 0. The lowest BCUT2D eigenvalue weighted by atomic mass is 10.2. The minimum Gasteiger partial charge on any atom is -0.411 e. The van der Waals surface area contributed by atoms with Crippen molar-refractivity contribution in [3.63, 3.8) is 0 Å². The van der Waals surface area contributed by atoms with Gasteiger partial charge in [0.1, 0.15) is 0 Å². The normalized spacial score (nSPS) is 13.5. The van der Waals surface area contributed by atoms with Crippen molar-refractivity contribution < 1.29 is 4.43 Å². The Morgan fingerprint density at radius 1 is 1.33 bits per heavy atom. The Balaban J connectivity index is 2.60. The second kappa shape index (κ2) is 5.28. The molecule has 0 aliphatic carbocycles. The van der Waals surface area contributed by atoms with Gasteiger partial charge < -0.3 is 4.43 Å². The van der Waals surface area contributed by atoms with Gasteiger partial charge in [-0.25, -0.2) is 0 Å². The summed E-state index contributed by atoms with van der Waals surface area (Å²) in [6.07, 6.45) is 2.02. The van der Waals surface area contributed by atoms with Crippen LogP contribution in [0.2, 0.25) is 13.1 Å². The highest BCUT2D eigenvalue weighted by atomic mass is 28.4. The van der Waals surface area contributed by atoms with Crippen molar-refractivity contribution in [2.45, 2.75) is 32.2 Å². The van der Waals surface area contributed by atoms with E-state index in [4.69, 9.17) is 4.43 Å². The molecular formula is C13H20OSi. The largest absolute Gasteiger partial charge is 0.411 e. The van der Waals surface area contributed by atoms with E-state index in [1.165, 1.54) is 5.56 Å². The molecule has 0 aliphatic heterocycles. The van der Waals surface area contributed by atoms with Gasteiger partial charge in [0.15, 0.2) is 8.32 Å². The molecule has 0 spiro atoms. The van der Waals surface area contributed by atoms with E-state index < -0.39 is 8.32 Å².